The van der Waals surface area contributed by atoms with Crippen molar-refractivity contribution in [3.63, 3.8) is 0 Å². The van der Waals surface area contributed by atoms with Crippen LogP contribution in [0.15, 0.2) is 42.5 Å². The van der Waals surface area contributed by atoms with Crippen LogP contribution in [0.3, 0.4) is 0 Å². The predicted octanol–water partition coefficient (Wildman–Crippen LogP) is 4.06. The molecule has 0 aliphatic carbocycles. The first-order valence-corrected chi connectivity index (χ1v) is 14.7. The monoisotopic (exact) mass is 537 g/mol. The molecule has 200 valence electrons. The van der Waals surface area contributed by atoms with Crippen molar-refractivity contribution in [3.05, 3.63) is 48.3 Å². The highest BCUT2D eigenvalue weighted by molar-refractivity contribution is 7.92. The molecule has 2 aliphatic heterocycles. The molecule has 9 heteroatoms. The van der Waals surface area contributed by atoms with Crippen molar-refractivity contribution < 1.29 is 22.3 Å². The summed E-state index contributed by atoms with van der Waals surface area (Å²) in [4.78, 5) is 7.04. The number of hydrogen-bond donors (Lipinski definition) is 1. The highest BCUT2D eigenvalue weighted by Crippen LogP contribution is 2.45. The molecule has 1 N–H and O–H groups in total. The fraction of sp³-hybridized carbons (Fsp3) is 0.414. The van der Waals surface area contributed by atoms with E-state index in [4.69, 9.17) is 20.9 Å². The lowest BCUT2D eigenvalue weighted by molar-refractivity contribution is 0.298. The molecule has 2 saturated heterocycles. The normalized spacial score (nSPS) is 17.3. The Morgan fingerprint density at radius 1 is 1.16 bits per heavy atom. The van der Waals surface area contributed by atoms with Crippen LogP contribution >= 0.6 is 0 Å². The number of ether oxygens (including phenoxy) is 2. The molecule has 2 aromatic carbocycles. The number of sulfone groups is 1. The van der Waals surface area contributed by atoms with Crippen molar-refractivity contribution in [2.75, 3.05) is 56.3 Å². The molecule has 0 radical (unpaired) electrons. The van der Waals surface area contributed by atoms with Crippen LogP contribution in [0.5, 0.6) is 11.5 Å². The van der Waals surface area contributed by atoms with E-state index in [1.807, 2.05) is 37.4 Å². The third-order valence-corrected chi connectivity index (χ3v) is 9.27. The molecule has 0 atom stereocenters. The van der Waals surface area contributed by atoms with E-state index in [1.54, 1.807) is 6.07 Å². The Morgan fingerprint density at radius 2 is 1.95 bits per heavy atom. The minimum atomic E-state index is -2.95. The third-order valence-electron chi connectivity index (χ3n) is 7.17. The Labute approximate surface area is 223 Å². The number of terminal acetylenes is 1. The van der Waals surface area contributed by atoms with Gasteiger partial charge in [-0.2, -0.15) is 0 Å². The number of halogens is 1. The van der Waals surface area contributed by atoms with Gasteiger partial charge in [-0.05, 0) is 56.3 Å². The average Bonchev–Trinajstić information content (AvgIpc) is 3.30. The Balaban J connectivity index is 1.50. The van der Waals surface area contributed by atoms with Crippen molar-refractivity contribution in [1.82, 2.24) is 10.3 Å². The van der Waals surface area contributed by atoms with Gasteiger partial charge in [-0.1, -0.05) is 0 Å². The minimum absolute atomic E-state index is 0.140. The van der Waals surface area contributed by atoms with Crippen molar-refractivity contribution in [2.45, 2.75) is 19.3 Å². The fourth-order valence-corrected chi connectivity index (χ4v) is 7.60. The van der Waals surface area contributed by atoms with Gasteiger partial charge in [0.2, 0.25) is 0 Å². The van der Waals surface area contributed by atoms with E-state index in [2.05, 4.69) is 16.1 Å². The van der Waals surface area contributed by atoms with Crippen LogP contribution in [0.2, 0.25) is 0 Å². The molecule has 3 heterocycles. The molecular formula is C29H32FN3O4S. The zero-order chi connectivity index (χ0) is 26.8. The van der Waals surface area contributed by atoms with Crippen LogP contribution in [0.1, 0.15) is 19.3 Å². The fourth-order valence-electron chi connectivity index (χ4n) is 5.35. The van der Waals surface area contributed by atoms with Crippen molar-refractivity contribution in [1.29, 1.82) is 0 Å². The van der Waals surface area contributed by atoms with Gasteiger partial charge < -0.3 is 19.7 Å². The SMILES string of the molecule is C#CCCCOc1cc2nc(-c3ccc(OCCNC)cc3)cc(N3CCC4(C3)CS(=O)(=O)C4)c2cc1F. The number of unbranched alkanes of at least 4 members (excludes halogenated alkanes) is 1. The molecule has 0 unspecified atom stereocenters. The third kappa shape index (κ3) is 5.57. The highest BCUT2D eigenvalue weighted by atomic mass is 32.2. The number of fused-ring (bicyclic) bond motifs is 1. The molecule has 5 rings (SSSR count). The Kier molecular flexibility index (Phi) is 7.46. The standard InChI is InChI=1S/C29H32FN3O4S/c1-3-4-5-13-37-28-17-26-23(15-24(28)30)27(33-12-10-29(18-33)19-38(34,35)20-29)16-25(32-26)21-6-8-22(9-7-21)36-14-11-31-2/h1,6-9,15-17,31H,4-5,10-14,18-20H2,2H3. The lowest BCUT2D eigenvalue weighted by Gasteiger charge is -2.37. The zero-order valence-electron chi connectivity index (χ0n) is 21.5. The van der Waals surface area contributed by atoms with Gasteiger partial charge in [-0.3, -0.25) is 0 Å². The van der Waals surface area contributed by atoms with Gasteiger partial charge in [0.1, 0.15) is 12.4 Å². The van der Waals surface area contributed by atoms with Crippen molar-refractivity contribution in [2.24, 2.45) is 5.41 Å². The van der Waals surface area contributed by atoms with E-state index in [9.17, 15) is 8.42 Å². The summed E-state index contributed by atoms with van der Waals surface area (Å²) < 4.78 is 50.4. The number of anilines is 1. The molecule has 0 saturated carbocycles. The summed E-state index contributed by atoms with van der Waals surface area (Å²) in [5.74, 6) is 3.43. The van der Waals surface area contributed by atoms with Crippen LogP contribution in [0.4, 0.5) is 10.1 Å². The van der Waals surface area contributed by atoms with Gasteiger partial charge in [0.25, 0.3) is 0 Å². The number of rotatable bonds is 10. The van der Waals surface area contributed by atoms with Gasteiger partial charge in [-0.25, -0.2) is 17.8 Å². The molecule has 38 heavy (non-hydrogen) atoms. The molecule has 7 nitrogen and oxygen atoms in total. The zero-order valence-corrected chi connectivity index (χ0v) is 22.3. The van der Waals surface area contributed by atoms with E-state index < -0.39 is 15.7 Å². The number of likely N-dealkylation sites (N-methyl/N-ethyl adjacent to an activating group) is 1. The molecule has 2 fully saturated rings. The minimum Gasteiger partial charge on any atom is -0.492 e. The van der Waals surface area contributed by atoms with E-state index in [0.29, 0.717) is 50.0 Å². The van der Waals surface area contributed by atoms with Crippen LogP contribution in [-0.2, 0) is 9.84 Å². The van der Waals surface area contributed by atoms with Gasteiger partial charge >= 0.3 is 0 Å². The van der Waals surface area contributed by atoms with E-state index >= 15 is 4.39 Å². The Morgan fingerprint density at radius 3 is 2.66 bits per heavy atom. The van der Waals surface area contributed by atoms with Crippen molar-refractivity contribution in [3.8, 4) is 35.1 Å². The van der Waals surface area contributed by atoms with Gasteiger partial charge in [-0.15, -0.1) is 12.3 Å². The van der Waals surface area contributed by atoms with Crippen molar-refractivity contribution >= 4 is 26.4 Å². The number of aromatic nitrogens is 1. The predicted molar refractivity (Wildman–Crippen MR) is 148 cm³/mol. The summed E-state index contributed by atoms with van der Waals surface area (Å²) in [7, 11) is -1.08. The summed E-state index contributed by atoms with van der Waals surface area (Å²) in [5, 5.41) is 3.73. The molecular weight excluding hydrogens is 505 g/mol. The molecule has 1 aromatic heterocycles. The second-order valence-electron chi connectivity index (χ2n) is 10.2. The molecule has 1 spiro atoms. The summed E-state index contributed by atoms with van der Waals surface area (Å²) in [6.45, 7) is 2.96. The number of hydrogen-bond acceptors (Lipinski definition) is 7. The van der Waals surface area contributed by atoms with Gasteiger partial charge in [0.15, 0.2) is 21.4 Å². The first-order chi connectivity index (χ1) is 18.3. The molecule has 0 bridgehead atoms. The second-order valence-corrected chi connectivity index (χ2v) is 12.2. The Bertz CT molecular complexity index is 1460. The molecule has 2 aliphatic rings. The smallest absolute Gasteiger partial charge is 0.165 e. The summed E-state index contributed by atoms with van der Waals surface area (Å²) in [6.07, 6.45) is 7.30. The van der Waals surface area contributed by atoms with E-state index in [0.717, 1.165) is 35.7 Å². The average molecular weight is 538 g/mol. The summed E-state index contributed by atoms with van der Waals surface area (Å²) >= 11 is 0. The van der Waals surface area contributed by atoms with E-state index in [-0.39, 0.29) is 22.7 Å². The maximum Gasteiger partial charge on any atom is 0.165 e. The first-order valence-electron chi connectivity index (χ1n) is 12.9. The largest absolute Gasteiger partial charge is 0.492 e. The topological polar surface area (TPSA) is 80.8 Å². The number of pyridine rings is 1. The first kappa shape index (κ1) is 26.3. The van der Waals surface area contributed by atoms with Crippen LogP contribution in [0.25, 0.3) is 22.2 Å². The van der Waals surface area contributed by atoms with Crippen LogP contribution in [-0.4, -0.2) is 64.8 Å². The highest BCUT2D eigenvalue weighted by Gasteiger charge is 2.52. The summed E-state index contributed by atoms with van der Waals surface area (Å²) in [5.41, 5.74) is 2.87. The number of nitrogens with zero attached hydrogens (tertiary/aromatic N) is 2. The Hall–Kier alpha value is -3.35. The maximum absolute atomic E-state index is 15.1. The van der Waals surface area contributed by atoms with Crippen LogP contribution in [0, 0.1) is 23.6 Å². The number of benzene rings is 2. The lowest BCUT2D eigenvalue weighted by atomic mass is 9.91. The molecule has 0 amide bonds. The van der Waals surface area contributed by atoms with E-state index in [1.165, 1.54) is 6.07 Å². The summed E-state index contributed by atoms with van der Waals surface area (Å²) in [6, 6.07) is 12.8. The quantitative estimate of drug-likeness (QED) is 0.309. The molecule has 3 aromatic rings. The maximum atomic E-state index is 15.1. The number of nitrogens with one attached hydrogen (secondary N) is 1. The lowest BCUT2D eigenvalue weighted by Crippen LogP contribution is -2.50. The second kappa shape index (κ2) is 10.8. The van der Waals surface area contributed by atoms with Crippen LogP contribution < -0.4 is 19.7 Å². The van der Waals surface area contributed by atoms with Gasteiger partial charge in [0, 0.05) is 54.2 Å². The van der Waals surface area contributed by atoms with Gasteiger partial charge in [0.05, 0.1) is 29.3 Å².